The van der Waals surface area contributed by atoms with Crippen molar-refractivity contribution in [3.8, 4) is 17.3 Å². The number of nitro groups is 1. The Labute approximate surface area is 163 Å². The van der Waals surface area contributed by atoms with Crippen LogP contribution in [0.4, 0.5) is 11.5 Å². The number of hydrogen-bond acceptors (Lipinski definition) is 5. The number of fused-ring (bicyclic) bond motifs is 1. The molecule has 1 aromatic carbocycles. The molecule has 2 N–H and O–H groups in total. The highest BCUT2D eigenvalue weighted by Crippen LogP contribution is 2.35. The quantitative estimate of drug-likeness (QED) is 0.490. The van der Waals surface area contributed by atoms with Crippen LogP contribution in [0.1, 0.15) is 46.7 Å². The smallest absolute Gasteiger partial charge is 0.269 e. The SMILES string of the molecule is CC(C)(C)CC(C)(C)Nc1c(-c2ccc([N+](=O)[O-])cc2)[nH]c2c(C#N)ncn12. The van der Waals surface area contributed by atoms with E-state index in [1.807, 2.05) is 4.40 Å². The van der Waals surface area contributed by atoms with E-state index in [1.165, 1.54) is 12.1 Å². The Hall–Kier alpha value is -3.34. The molecule has 8 heteroatoms. The van der Waals surface area contributed by atoms with Gasteiger partial charge in [0.2, 0.25) is 0 Å². The van der Waals surface area contributed by atoms with Gasteiger partial charge in [-0.05, 0) is 37.8 Å². The molecule has 3 rings (SSSR count). The van der Waals surface area contributed by atoms with Crippen LogP contribution < -0.4 is 5.32 Å². The summed E-state index contributed by atoms with van der Waals surface area (Å²) in [5, 5.41) is 23.9. The summed E-state index contributed by atoms with van der Waals surface area (Å²) in [6.45, 7) is 10.8. The van der Waals surface area contributed by atoms with Gasteiger partial charge in [0.05, 0.1) is 10.6 Å². The zero-order valence-corrected chi connectivity index (χ0v) is 16.7. The number of anilines is 1. The van der Waals surface area contributed by atoms with Crippen molar-refractivity contribution in [1.29, 1.82) is 5.26 Å². The maximum atomic E-state index is 11.0. The van der Waals surface area contributed by atoms with E-state index in [1.54, 1.807) is 18.5 Å². The summed E-state index contributed by atoms with van der Waals surface area (Å²) in [4.78, 5) is 17.9. The number of aromatic amines is 1. The second kappa shape index (κ2) is 6.68. The number of aromatic nitrogens is 3. The number of non-ortho nitro benzene ring substituents is 1. The minimum Gasteiger partial charge on any atom is -0.364 e. The molecule has 0 saturated heterocycles. The third-order valence-electron chi connectivity index (χ3n) is 4.39. The number of benzene rings is 1. The number of nitro benzene ring substituents is 1. The molecule has 0 radical (unpaired) electrons. The summed E-state index contributed by atoms with van der Waals surface area (Å²) in [5.41, 5.74) is 2.34. The van der Waals surface area contributed by atoms with Gasteiger partial charge in [0.15, 0.2) is 11.3 Å². The fraction of sp³-hybridized carbons (Fsp3) is 0.400. The van der Waals surface area contributed by atoms with E-state index < -0.39 is 4.92 Å². The van der Waals surface area contributed by atoms with E-state index in [0.717, 1.165) is 23.5 Å². The van der Waals surface area contributed by atoms with Gasteiger partial charge in [0, 0.05) is 23.2 Å². The van der Waals surface area contributed by atoms with Crippen LogP contribution in [0.25, 0.3) is 16.9 Å². The van der Waals surface area contributed by atoms with Gasteiger partial charge in [0.25, 0.3) is 5.69 Å². The van der Waals surface area contributed by atoms with Crippen LogP contribution in [0.2, 0.25) is 0 Å². The number of nitriles is 1. The predicted octanol–water partition coefficient (Wildman–Crippen LogP) is 4.74. The van der Waals surface area contributed by atoms with Gasteiger partial charge in [-0.15, -0.1) is 0 Å². The molecule has 0 atom stereocenters. The van der Waals surface area contributed by atoms with E-state index in [0.29, 0.717) is 11.3 Å². The van der Waals surface area contributed by atoms with Gasteiger partial charge in [-0.3, -0.25) is 14.5 Å². The third-order valence-corrected chi connectivity index (χ3v) is 4.39. The Bertz CT molecular complexity index is 1060. The van der Waals surface area contributed by atoms with E-state index in [9.17, 15) is 15.4 Å². The van der Waals surface area contributed by atoms with Crippen LogP contribution in [0.15, 0.2) is 30.6 Å². The fourth-order valence-electron chi connectivity index (χ4n) is 3.79. The lowest BCUT2D eigenvalue weighted by Gasteiger charge is -2.34. The molecule has 0 aliphatic rings. The topological polar surface area (TPSA) is 112 Å². The van der Waals surface area contributed by atoms with E-state index in [-0.39, 0.29) is 16.6 Å². The largest absolute Gasteiger partial charge is 0.364 e. The van der Waals surface area contributed by atoms with Gasteiger partial charge < -0.3 is 10.3 Å². The van der Waals surface area contributed by atoms with Crippen molar-refractivity contribution >= 4 is 17.2 Å². The summed E-state index contributed by atoms with van der Waals surface area (Å²) in [6, 6.07) is 8.43. The molecule has 0 aliphatic heterocycles. The van der Waals surface area contributed by atoms with Gasteiger partial charge in [0.1, 0.15) is 18.2 Å². The normalized spacial score (nSPS) is 12.1. The Morgan fingerprint density at radius 1 is 1.25 bits per heavy atom. The summed E-state index contributed by atoms with van der Waals surface area (Å²) in [7, 11) is 0. The number of rotatable bonds is 5. The molecule has 0 fully saturated rings. The molecule has 0 aliphatic carbocycles. The highest BCUT2D eigenvalue weighted by molar-refractivity contribution is 5.78. The highest BCUT2D eigenvalue weighted by atomic mass is 16.6. The molecular weight excluding hydrogens is 356 g/mol. The van der Waals surface area contributed by atoms with Gasteiger partial charge in [-0.1, -0.05) is 20.8 Å². The Kier molecular flexibility index (Phi) is 4.63. The molecule has 0 amide bonds. The number of H-pyrrole nitrogens is 1. The van der Waals surface area contributed by atoms with Crippen LogP contribution in [0, 0.1) is 26.9 Å². The highest BCUT2D eigenvalue weighted by Gasteiger charge is 2.28. The number of hydrogen-bond donors (Lipinski definition) is 2. The average Bonchev–Trinajstić information content (AvgIpc) is 3.12. The molecule has 0 spiro atoms. The van der Waals surface area contributed by atoms with Gasteiger partial charge >= 0.3 is 0 Å². The van der Waals surface area contributed by atoms with Crippen molar-refractivity contribution in [1.82, 2.24) is 14.4 Å². The van der Waals surface area contributed by atoms with Crippen molar-refractivity contribution in [3.05, 3.63) is 46.4 Å². The second-order valence-corrected chi connectivity index (χ2v) is 8.82. The molecule has 28 heavy (non-hydrogen) atoms. The first-order valence-electron chi connectivity index (χ1n) is 9.03. The van der Waals surface area contributed by atoms with Crippen molar-refractivity contribution in [2.45, 2.75) is 46.6 Å². The van der Waals surface area contributed by atoms with Crippen LogP contribution >= 0.6 is 0 Å². The molecule has 2 aromatic heterocycles. The minimum absolute atomic E-state index is 0.0314. The second-order valence-electron chi connectivity index (χ2n) is 8.82. The summed E-state index contributed by atoms with van der Waals surface area (Å²) >= 11 is 0. The van der Waals surface area contributed by atoms with Crippen LogP contribution in [0.5, 0.6) is 0 Å². The Balaban J connectivity index is 2.12. The summed E-state index contributed by atoms with van der Waals surface area (Å²) in [5.74, 6) is 0.770. The van der Waals surface area contributed by atoms with Gasteiger partial charge in [-0.2, -0.15) is 5.26 Å². The van der Waals surface area contributed by atoms with Crippen molar-refractivity contribution in [3.63, 3.8) is 0 Å². The number of imidazole rings is 2. The lowest BCUT2D eigenvalue weighted by atomic mass is 9.82. The molecule has 3 aromatic rings. The maximum absolute atomic E-state index is 11.0. The molecule has 2 heterocycles. The van der Waals surface area contributed by atoms with Gasteiger partial charge in [-0.25, -0.2) is 4.98 Å². The standard InChI is InChI=1S/C20H24N6O2/c1-19(2,3)11-20(4,5)24-18-16(13-6-8-14(9-7-13)26(27)28)23-17-15(10-21)22-12-25(17)18/h6-9,12,23-24H,11H2,1-5H3. The number of nitrogens with one attached hydrogen (secondary N) is 2. The van der Waals surface area contributed by atoms with E-state index in [4.69, 9.17) is 0 Å². The van der Waals surface area contributed by atoms with Crippen LogP contribution in [-0.4, -0.2) is 24.8 Å². The summed E-state index contributed by atoms with van der Waals surface area (Å²) in [6.07, 6.45) is 2.51. The molecule has 8 nitrogen and oxygen atoms in total. The zero-order chi connectivity index (χ0) is 20.7. The van der Waals surface area contributed by atoms with Crippen LogP contribution in [0.3, 0.4) is 0 Å². The van der Waals surface area contributed by atoms with Crippen molar-refractivity contribution in [2.75, 3.05) is 5.32 Å². The maximum Gasteiger partial charge on any atom is 0.269 e. The lowest BCUT2D eigenvalue weighted by molar-refractivity contribution is -0.384. The first-order chi connectivity index (χ1) is 13.0. The predicted molar refractivity (Wildman–Crippen MR) is 108 cm³/mol. The molecule has 0 bridgehead atoms. The lowest BCUT2D eigenvalue weighted by Crippen LogP contribution is -2.36. The Morgan fingerprint density at radius 3 is 2.43 bits per heavy atom. The average molecular weight is 380 g/mol. The third kappa shape index (κ3) is 3.83. The van der Waals surface area contributed by atoms with E-state index >= 15 is 0 Å². The van der Waals surface area contributed by atoms with Crippen LogP contribution in [-0.2, 0) is 0 Å². The Morgan fingerprint density at radius 2 is 1.89 bits per heavy atom. The monoisotopic (exact) mass is 380 g/mol. The van der Waals surface area contributed by atoms with Crippen molar-refractivity contribution in [2.24, 2.45) is 5.41 Å². The minimum atomic E-state index is -0.424. The molecule has 0 saturated carbocycles. The van der Waals surface area contributed by atoms with Crippen molar-refractivity contribution < 1.29 is 4.92 Å². The van der Waals surface area contributed by atoms with E-state index in [2.05, 4.69) is 56.0 Å². The summed E-state index contributed by atoms with van der Waals surface area (Å²) < 4.78 is 1.82. The fourth-order valence-corrected chi connectivity index (χ4v) is 3.79. The first kappa shape index (κ1) is 19.4. The molecule has 146 valence electrons. The molecule has 0 unspecified atom stereocenters. The first-order valence-corrected chi connectivity index (χ1v) is 9.03. The number of nitrogens with zero attached hydrogens (tertiary/aromatic N) is 4. The molecular formula is C20H24N6O2. The zero-order valence-electron chi connectivity index (χ0n) is 16.7.